The van der Waals surface area contributed by atoms with Gasteiger partial charge in [0, 0.05) is 44.8 Å². The molecular formula is C15H24N4O2. The van der Waals surface area contributed by atoms with Crippen molar-refractivity contribution in [3.63, 3.8) is 0 Å². The van der Waals surface area contributed by atoms with Crippen LogP contribution in [0.1, 0.15) is 32.9 Å². The first-order valence-corrected chi connectivity index (χ1v) is 7.37. The van der Waals surface area contributed by atoms with E-state index in [2.05, 4.69) is 15.3 Å². The fourth-order valence-electron chi connectivity index (χ4n) is 2.32. The third kappa shape index (κ3) is 5.30. The molecule has 6 nitrogen and oxygen atoms in total. The summed E-state index contributed by atoms with van der Waals surface area (Å²) >= 11 is 0. The van der Waals surface area contributed by atoms with Crippen molar-refractivity contribution in [2.45, 2.75) is 39.3 Å². The molecule has 0 radical (unpaired) electrons. The van der Waals surface area contributed by atoms with Gasteiger partial charge >= 0.3 is 6.09 Å². The van der Waals surface area contributed by atoms with Gasteiger partial charge in [0.05, 0.1) is 5.69 Å². The molecule has 0 saturated carbocycles. The van der Waals surface area contributed by atoms with Crippen LogP contribution in [0.25, 0.3) is 0 Å². The molecule has 1 saturated heterocycles. The summed E-state index contributed by atoms with van der Waals surface area (Å²) in [5.74, 6) is 0.467. The van der Waals surface area contributed by atoms with E-state index in [4.69, 9.17) is 4.74 Å². The van der Waals surface area contributed by atoms with Gasteiger partial charge in [0.15, 0.2) is 0 Å². The second-order valence-electron chi connectivity index (χ2n) is 6.41. The van der Waals surface area contributed by atoms with Crippen LogP contribution >= 0.6 is 0 Å². The first-order chi connectivity index (χ1) is 9.94. The first-order valence-electron chi connectivity index (χ1n) is 7.37. The van der Waals surface area contributed by atoms with Crippen LogP contribution in [0.5, 0.6) is 0 Å². The number of likely N-dealkylation sites (tertiary alicyclic amines) is 1. The summed E-state index contributed by atoms with van der Waals surface area (Å²) in [6.07, 6.45) is 5.91. The molecule has 0 aromatic carbocycles. The minimum absolute atomic E-state index is 0.209. The summed E-state index contributed by atoms with van der Waals surface area (Å²) in [6, 6.07) is 0. The van der Waals surface area contributed by atoms with E-state index in [-0.39, 0.29) is 6.09 Å². The molecule has 1 atom stereocenters. The lowest BCUT2D eigenvalue weighted by atomic mass is 10.1. The van der Waals surface area contributed by atoms with Crippen molar-refractivity contribution in [2.75, 3.05) is 19.6 Å². The third-order valence-electron chi connectivity index (χ3n) is 3.29. The highest BCUT2D eigenvalue weighted by Crippen LogP contribution is 2.18. The lowest BCUT2D eigenvalue weighted by Gasteiger charge is -2.24. The van der Waals surface area contributed by atoms with Gasteiger partial charge in [-0.25, -0.2) is 4.79 Å². The molecule has 1 aromatic rings. The number of hydrogen-bond donors (Lipinski definition) is 1. The normalized spacial score (nSPS) is 18.8. The second kappa shape index (κ2) is 6.85. The molecule has 1 N–H and O–H groups in total. The van der Waals surface area contributed by atoms with Gasteiger partial charge in [-0.3, -0.25) is 9.97 Å². The average molecular weight is 292 g/mol. The molecule has 116 valence electrons. The molecule has 1 aliphatic heterocycles. The summed E-state index contributed by atoms with van der Waals surface area (Å²) in [5, 5.41) is 3.37. The van der Waals surface area contributed by atoms with Crippen molar-refractivity contribution in [3.05, 3.63) is 24.3 Å². The topological polar surface area (TPSA) is 67.3 Å². The second-order valence-corrected chi connectivity index (χ2v) is 6.41. The van der Waals surface area contributed by atoms with E-state index in [1.807, 2.05) is 20.8 Å². The molecule has 0 aliphatic carbocycles. The van der Waals surface area contributed by atoms with E-state index in [9.17, 15) is 4.79 Å². The molecule has 1 unspecified atom stereocenters. The molecule has 1 fully saturated rings. The van der Waals surface area contributed by atoms with Crippen LogP contribution in [0.2, 0.25) is 0 Å². The molecule has 1 aromatic heterocycles. The van der Waals surface area contributed by atoms with E-state index in [0.717, 1.165) is 31.7 Å². The SMILES string of the molecule is CC(C)(C)OC(=O)N1CCC(CNCc2cnccn2)C1. The number of rotatable bonds is 4. The average Bonchev–Trinajstić information content (AvgIpc) is 2.87. The van der Waals surface area contributed by atoms with Crippen LogP contribution in [0.15, 0.2) is 18.6 Å². The summed E-state index contributed by atoms with van der Waals surface area (Å²) in [4.78, 5) is 22.0. The van der Waals surface area contributed by atoms with E-state index in [1.165, 1.54) is 0 Å². The minimum atomic E-state index is -0.431. The largest absolute Gasteiger partial charge is 0.444 e. The van der Waals surface area contributed by atoms with Crippen molar-refractivity contribution in [3.8, 4) is 0 Å². The van der Waals surface area contributed by atoms with Crippen molar-refractivity contribution >= 4 is 6.09 Å². The molecule has 6 heteroatoms. The predicted molar refractivity (Wildman–Crippen MR) is 79.7 cm³/mol. The molecule has 1 amide bonds. The van der Waals surface area contributed by atoms with Gasteiger partial charge < -0.3 is 15.0 Å². The Labute approximate surface area is 125 Å². The number of amides is 1. The summed E-state index contributed by atoms with van der Waals surface area (Å²) in [6.45, 7) is 8.77. The van der Waals surface area contributed by atoms with Gasteiger partial charge in [0.25, 0.3) is 0 Å². The summed E-state index contributed by atoms with van der Waals surface area (Å²) < 4.78 is 5.39. The van der Waals surface area contributed by atoms with Crippen LogP contribution in [0, 0.1) is 5.92 Å². The zero-order chi connectivity index (χ0) is 15.3. The highest BCUT2D eigenvalue weighted by molar-refractivity contribution is 5.68. The Hall–Kier alpha value is -1.69. The van der Waals surface area contributed by atoms with Crippen LogP contribution in [-0.2, 0) is 11.3 Å². The van der Waals surface area contributed by atoms with Gasteiger partial charge in [0.1, 0.15) is 5.60 Å². The Morgan fingerprint density at radius 2 is 2.29 bits per heavy atom. The van der Waals surface area contributed by atoms with Gasteiger partial charge in [-0.2, -0.15) is 0 Å². The fourth-order valence-corrected chi connectivity index (χ4v) is 2.32. The maximum atomic E-state index is 12.0. The highest BCUT2D eigenvalue weighted by Gasteiger charge is 2.29. The molecule has 0 spiro atoms. The molecule has 1 aliphatic rings. The third-order valence-corrected chi connectivity index (χ3v) is 3.29. The van der Waals surface area contributed by atoms with E-state index in [0.29, 0.717) is 12.5 Å². The van der Waals surface area contributed by atoms with Crippen LogP contribution in [0.4, 0.5) is 4.79 Å². The minimum Gasteiger partial charge on any atom is -0.444 e. The Balaban J connectivity index is 1.69. The number of nitrogens with zero attached hydrogens (tertiary/aromatic N) is 3. The zero-order valence-corrected chi connectivity index (χ0v) is 13.0. The van der Waals surface area contributed by atoms with Gasteiger partial charge in [-0.15, -0.1) is 0 Å². The highest BCUT2D eigenvalue weighted by atomic mass is 16.6. The first kappa shape index (κ1) is 15.7. The molecular weight excluding hydrogens is 268 g/mol. The van der Waals surface area contributed by atoms with E-state index >= 15 is 0 Å². The summed E-state index contributed by atoms with van der Waals surface area (Å²) in [7, 11) is 0. The van der Waals surface area contributed by atoms with Crippen LogP contribution in [0.3, 0.4) is 0 Å². The Bertz CT molecular complexity index is 458. The fraction of sp³-hybridized carbons (Fsp3) is 0.667. The number of nitrogens with one attached hydrogen (secondary N) is 1. The smallest absolute Gasteiger partial charge is 0.410 e. The quantitative estimate of drug-likeness (QED) is 0.917. The molecule has 2 rings (SSSR count). The number of hydrogen-bond acceptors (Lipinski definition) is 5. The maximum absolute atomic E-state index is 12.0. The van der Waals surface area contributed by atoms with Gasteiger partial charge in [0.2, 0.25) is 0 Å². The molecule has 2 heterocycles. The number of aromatic nitrogens is 2. The monoisotopic (exact) mass is 292 g/mol. The van der Waals surface area contributed by atoms with Crippen LogP contribution < -0.4 is 5.32 Å². The Morgan fingerprint density at radius 3 is 2.95 bits per heavy atom. The van der Waals surface area contributed by atoms with Gasteiger partial charge in [-0.1, -0.05) is 0 Å². The Morgan fingerprint density at radius 1 is 1.48 bits per heavy atom. The number of carbonyl (C=O) groups excluding carboxylic acids is 1. The van der Waals surface area contributed by atoms with Crippen molar-refractivity contribution < 1.29 is 9.53 Å². The van der Waals surface area contributed by atoms with Crippen molar-refractivity contribution in [1.82, 2.24) is 20.2 Å². The molecule has 21 heavy (non-hydrogen) atoms. The van der Waals surface area contributed by atoms with Crippen LogP contribution in [-0.4, -0.2) is 46.2 Å². The zero-order valence-electron chi connectivity index (χ0n) is 13.0. The molecule has 0 bridgehead atoms. The predicted octanol–water partition coefficient (Wildman–Crippen LogP) is 1.82. The standard InChI is InChI=1S/C15H24N4O2/c1-15(2,3)21-14(20)19-7-4-12(11-19)8-17-10-13-9-16-5-6-18-13/h5-6,9,12,17H,4,7-8,10-11H2,1-3H3. The van der Waals surface area contributed by atoms with E-state index in [1.54, 1.807) is 23.5 Å². The maximum Gasteiger partial charge on any atom is 0.410 e. The number of carbonyl (C=O) groups is 1. The summed E-state index contributed by atoms with van der Waals surface area (Å²) in [5.41, 5.74) is 0.499. The Kier molecular flexibility index (Phi) is 5.12. The van der Waals surface area contributed by atoms with Crippen molar-refractivity contribution in [1.29, 1.82) is 0 Å². The van der Waals surface area contributed by atoms with Gasteiger partial charge in [-0.05, 0) is 33.1 Å². The number of ether oxygens (including phenoxy) is 1. The lowest BCUT2D eigenvalue weighted by molar-refractivity contribution is 0.0288. The lowest BCUT2D eigenvalue weighted by Crippen LogP contribution is -2.36. The van der Waals surface area contributed by atoms with Crippen molar-refractivity contribution in [2.24, 2.45) is 5.92 Å². The van der Waals surface area contributed by atoms with E-state index < -0.39 is 5.60 Å².